The van der Waals surface area contributed by atoms with Crippen molar-refractivity contribution < 1.29 is 17.9 Å². The number of thiazole rings is 1. The average Bonchev–Trinajstić information content (AvgIpc) is 2.74. The van der Waals surface area contributed by atoms with Crippen molar-refractivity contribution in [3.63, 3.8) is 0 Å². The van der Waals surface area contributed by atoms with Gasteiger partial charge in [-0.3, -0.25) is 11.3 Å². The molecule has 3 N–H and O–H groups in total. The molecule has 2 unspecified atom stereocenters. The summed E-state index contributed by atoms with van der Waals surface area (Å²) in [5.74, 6) is 5.32. The van der Waals surface area contributed by atoms with Gasteiger partial charge >= 0.3 is 6.18 Å². The largest absolute Gasteiger partial charge is 0.443 e. The predicted molar refractivity (Wildman–Crippen MR) is 58.3 cm³/mol. The van der Waals surface area contributed by atoms with Gasteiger partial charge in [0, 0.05) is 18.2 Å². The van der Waals surface area contributed by atoms with Gasteiger partial charge in [0.2, 0.25) is 0 Å². The SMILES string of the molecule is COC(C)CC(NN)c1cnc(C(F)(F)F)s1. The van der Waals surface area contributed by atoms with Crippen molar-refractivity contribution in [3.05, 3.63) is 16.1 Å². The summed E-state index contributed by atoms with van der Waals surface area (Å²) in [6, 6.07) is -0.390. The van der Waals surface area contributed by atoms with E-state index < -0.39 is 17.2 Å². The molecule has 0 fully saturated rings. The zero-order valence-electron chi connectivity index (χ0n) is 9.41. The van der Waals surface area contributed by atoms with E-state index in [0.717, 1.165) is 0 Å². The van der Waals surface area contributed by atoms with Crippen LogP contribution in [0.1, 0.15) is 29.3 Å². The van der Waals surface area contributed by atoms with Crippen molar-refractivity contribution in [1.82, 2.24) is 10.4 Å². The average molecular weight is 269 g/mol. The van der Waals surface area contributed by atoms with Gasteiger partial charge in [-0.2, -0.15) is 13.2 Å². The molecule has 0 radical (unpaired) electrons. The highest BCUT2D eigenvalue weighted by atomic mass is 32.1. The highest BCUT2D eigenvalue weighted by Crippen LogP contribution is 2.35. The van der Waals surface area contributed by atoms with E-state index in [9.17, 15) is 13.2 Å². The van der Waals surface area contributed by atoms with Crippen LogP contribution in [0, 0.1) is 0 Å². The Labute approximate surface area is 101 Å². The minimum absolute atomic E-state index is 0.104. The number of hydrogen-bond donors (Lipinski definition) is 2. The Morgan fingerprint density at radius 1 is 1.59 bits per heavy atom. The number of ether oxygens (including phenoxy) is 1. The molecule has 2 atom stereocenters. The van der Waals surface area contributed by atoms with E-state index in [1.54, 1.807) is 0 Å². The third kappa shape index (κ3) is 3.91. The first-order valence-corrected chi connectivity index (χ1v) is 5.72. The summed E-state index contributed by atoms with van der Waals surface area (Å²) in [5, 5.41) is -0.863. The Bertz CT molecular complexity index is 356. The molecular formula is C9H14F3N3OS. The van der Waals surface area contributed by atoms with Crippen LogP contribution in [-0.2, 0) is 10.9 Å². The zero-order chi connectivity index (χ0) is 13.1. The van der Waals surface area contributed by atoms with Gasteiger partial charge in [-0.15, -0.1) is 11.3 Å². The lowest BCUT2D eigenvalue weighted by molar-refractivity contribution is -0.137. The molecule has 98 valence electrons. The lowest BCUT2D eigenvalue weighted by Gasteiger charge is -2.17. The second kappa shape index (κ2) is 5.76. The number of halogens is 3. The maximum absolute atomic E-state index is 12.4. The lowest BCUT2D eigenvalue weighted by Crippen LogP contribution is -2.30. The first-order chi connectivity index (χ1) is 7.88. The Hall–Kier alpha value is -0.700. The molecule has 1 aromatic rings. The van der Waals surface area contributed by atoms with Crippen molar-refractivity contribution in [1.29, 1.82) is 0 Å². The van der Waals surface area contributed by atoms with Gasteiger partial charge in [0.15, 0.2) is 5.01 Å². The van der Waals surface area contributed by atoms with Crippen LogP contribution in [0.25, 0.3) is 0 Å². The summed E-state index contributed by atoms with van der Waals surface area (Å²) >= 11 is 0.591. The van der Waals surface area contributed by atoms with Gasteiger partial charge in [0.05, 0.1) is 12.1 Å². The highest BCUT2D eigenvalue weighted by molar-refractivity contribution is 7.11. The fourth-order valence-corrected chi connectivity index (χ4v) is 2.13. The van der Waals surface area contributed by atoms with Crippen LogP contribution in [0.3, 0.4) is 0 Å². The van der Waals surface area contributed by atoms with Crippen molar-refractivity contribution >= 4 is 11.3 Å². The molecule has 0 amide bonds. The minimum Gasteiger partial charge on any atom is -0.382 e. The fraction of sp³-hybridized carbons (Fsp3) is 0.667. The quantitative estimate of drug-likeness (QED) is 0.634. The summed E-state index contributed by atoms with van der Waals surface area (Å²) in [6.45, 7) is 1.82. The molecule has 0 aliphatic rings. The smallest absolute Gasteiger partial charge is 0.382 e. The summed E-state index contributed by atoms with van der Waals surface area (Å²) in [5.41, 5.74) is 2.47. The molecule has 0 saturated heterocycles. The molecule has 8 heteroatoms. The molecule has 1 rings (SSSR count). The summed E-state index contributed by atoms with van der Waals surface area (Å²) in [4.78, 5) is 3.79. The van der Waals surface area contributed by atoms with Gasteiger partial charge in [-0.05, 0) is 13.3 Å². The number of nitrogens with zero attached hydrogens (tertiary/aromatic N) is 1. The summed E-state index contributed by atoms with van der Waals surface area (Å²) in [7, 11) is 1.53. The molecule has 17 heavy (non-hydrogen) atoms. The van der Waals surface area contributed by atoms with Gasteiger partial charge in [-0.1, -0.05) is 0 Å². The fourth-order valence-electron chi connectivity index (χ4n) is 1.27. The number of nitrogens with two attached hydrogens (primary N) is 1. The minimum atomic E-state index is -4.41. The summed E-state index contributed by atoms with van der Waals surface area (Å²) < 4.78 is 42.2. The molecule has 0 aliphatic carbocycles. The summed E-state index contributed by atoms with van der Waals surface area (Å²) in [6.07, 6.45) is -2.84. The predicted octanol–water partition coefficient (Wildman–Crippen LogP) is 2.09. The second-order valence-corrected chi connectivity index (χ2v) is 4.63. The molecular weight excluding hydrogens is 255 g/mol. The number of nitrogens with one attached hydrogen (secondary N) is 1. The van der Waals surface area contributed by atoms with Crippen LogP contribution in [0.15, 0.2) is 6.20 Å². The first-order valence-electron chi connectivity index (χ1n) is 4.90. The first kappa shape index (κ1) is 14.4. The van der Waals surface area contributed by atoms with E-state index in [1.165, 1.54) is 13.3 Å². The number of alkyl halides is 3. The topological polar surface area (TPSA) is 60.2 Å². The van der Waals surface area contributed by atoms with Gasteiger partial charge in [0.25, 0.3) is 0 Å². The van der Waals surface area contributed by atoms with Gasteiger partial charge in [-0.25, -0.2) is 4.98 Å². The lowest BCUT2D eigenvalue weighted by atomic mass is 10.1. The Balaban J connectivity index is 2.79. The monoisotopic (exact) mass is 269 g/mol. The Morgan fingerprint density at radius 3 is 2.65 bits per heavy atom. The number of methoxy groups -OCH3 is 1. The zero-order valence-corrected chi connectivity index (χ0v) is 10.2. The molecule has 0 aromatic carbocycles. The maximum Gasteiger partial charge on any atom is 0.443 e. The van der Waals surface area contributed by atoms with Crippen LogP contribution in [-0.4, -0.2) is 18.2 Å². The van der Waals surface area contributed by atoms with Crippen molar-refractivity contribution in [2.45, 2.75) is 31.7 Å². The normalized spacial score (nSPS) is 15.9. The van der Waals surface area contributed by atoms with E-state index in [2.05, 4.69) is 10.4 Å². The molecule has 4 nitrogen and oxygen atoms in total. The molecule has 0 spiro atoms. The van der Waals surface area contributed by atoms with Crippen LogP contribution >= 0.6 is 11.3 Å². The second-order valence-electron chi connectivity index (χ2n) is 3.57. The van der Waals surface area contributed by atoms with E-state index in [-0.39, 0.29) is 6.10 Å². The molecule has 0 saturated carbocycles. The molecule has 0 bridgehead atoms. The van der Waals surface area contributed by atoms with Crippen LogP contribution in [0.5, 0.6) is 0 Å². The van der Waals surface area contributed by atoms with Gasteiger partial charge in [0.1, 0.15) is 0 Å². The number of rotatable bonds is 5. The molecule has 0 aliphatic heterocycles. The van der Waals surface area contributed by atoms with Crippen LogP contribution < -0.4 is 11.3 Å². The van der Waals surface area contributed by atoms with E-state index >= 15 is 0 Å². The van der Waals surface area contributed by atoms with Crippen LogP contribution in [0.2, 0.25) is 0 Å². The number of hydrogen-bond acceptors (Lipinski definition) is 5. The van der Waals surface area contributed by atoms with Crippen molar-refractivity contribution in [3.8, 4) is 0 Å². The third-order valence-electron chi connectivity index (χ3n) is 2.28. The van der Waals surface area contributed by atoms with Crippen molar-refractivity contribution in [2.24, 2.45) is 5.84 Å². The van der Waals surface area contributed by atoms with E-state index in [4.69, 9.17) is 10.6 Å². The highest BCUT2D eigenvalue weighted by Gasteiger charge is 2.35. The third-order valence-corrected chi connectivity index (χ3v) is 3.44. The number of aromatic nitrogens is 1. The number of hydrazine groups is 1. The Kier molecular flexibility index (Phi) is 4.87. The Morgan fingerprint density at radius 2 is 2.24 bits per heavy atom. The van der Waals surface area contributed by atoms with Crippen molar-refractivity contribution in [2.75, 3.05) is 7.11 Å². The van der Waals surface area contributed by atoms with E-state index in [0.29, 0.717) is 22.6 Å². The standard InChI is InChI=1S/C9H14F3N3OS/c1-5(16-2)3-6(15-13)7-4-14-8(17-7)9(10,11)12/h4-6,15H,3,13H2,1-2H3. The van der Waals surface area contributed by atoms with E-state index in [1.807, 2.05) is 6.92 Å². The van der Waals surface area contributed by atoms with Gasteiger partial charge < -0.3 is 4.74 Å². The molecule has 1 aromatic heterocycles. The van der Waals surface area contributed by atoms with Crippen LogP contribution in [0.4, 0.5) is 13.2 Å². The maximum atomic E-state index is 12.4. The molecule has 1 heterocycles.